The van der Waals surface area contributed by atoms with Crippen LogP contribution < -0.4 is 5.73 Å². The summed E-state index contributed by atoms with van der Waals surface area (Å²) in [5.74, 6) is 0.177. The number of nitrogens with zero attached hydrogens (tertiary/aromatic N) is 1. The van der Waals surface area contributed by atoms with E-state index in [4.69, 9.17) is 5.73 Å². The van der Waals surface area contributed by atoms with Gasteiger partial charge in [-0.1, -0.05) is 55.5 Å². The minimum absolute atomic E-state index is 0.177. The molecule has 1 atom stereocenters. The zero-order chi connectivity index (χ0) is 16.7. The molecule has 0 aliphatic carbocycles. The number of benzene rings is 2. The number of hydrogen-bond donors (Lipinski definition) is 1. The fourth-order valence-corrected chi connectivity index (χ4v) is 2.82. The van der Waals surface area contributed by atoms with E-state index in [1.807, 2.05) is 54.4 Å². The smallest absolute Gasteiger partial charge is 0.222 e. The van der Waals surface area contributed by atoms with E-state index >= 15 is 0 Å². The first-order valence-corrected chi connectivity index (χ1v) is 8.24. The minimum Gasteiger partial charge on any atom is -0.399 e. The van der Waals surface area contributed by atoms with E-state index < -0.39 is 0 Å². The van der Waals surface area contributed by atoms with Crippen LogP contribution >= 0.6 is 0 Å². The number of amides is 1. The molecule has 23 heavy (non-hydrogen) atoms. The molecule has 0 fully saturated rings. The Kier molecular flexibility index (Phi) is 6.21. The largest absolute Gasteiger partial charge is 0.399 e. The lowest BCUT2D eigenvalue weighted by Crippen LogP contribution is -2.38. The molecule has 122 valence electrons. The molecule has 2 rings (SSSR count). The van der Waals surface area contributed by atoms with Crippen LogP contribution in [-0.4, -0.2) is 23.9 Å². The number of carbonyl (C=O) groups excluding carboxylic acids is 1. The van der Waals surface area contributed by atoms with Gasteiger partial charge in [-0.3, -0.25) is 4.79 Å². The lowest BCUT2D eigenvalue weighted by Gasteiger charge is -2.27. The van der Waals surface area contributed by atoms with Crippen molar-refractivity contribution in [3.8, 4) is 0 Å². The number of rotatable bonds is 7. The van der Waals surface area contributed by atoms with Crippen molar-refractivity contribution in [2.45, 2.75) is 38.6 Å². The van der Waals surface area contributed by atoms with Gasteiger partial charge in [-0.2, -0.15) is 0 Å². The molecule has 0 aliphatic heterocycles. The Labute approximate surface area is 139 Å². The maximum absolute atomic E-state index is 12.5. The molecule has 1 unspecified atom stereocenters. The van der Waals surface area contributed by atoms with Crippen molar-refractivity contribution < 1.29 is 4.79 Å². The molecule has 3 nitrogen and oxygen atoms in total. The third kappa shape index (κ3) is 4.85. The van der Waals surface area contributed by atoms with Crippen molar-refractivity contribution in [2.24, 2.45) is 0 Å². The summed E-state index contributed by atoms with van der Waals surface area (Å²) in [6, 6.07) is 18.3. The quantitative estimate of drug-likeness (QED) is 0.793. The molecule has 0 saturated heterocycles. The van der Waals surface area contributed by atoms with Crippen LogP contribution in [-0.2, 0) is 17.6 Å². The molecule has 2 N–H and O–H groups in total. The Balaban J connectivity index is 1.93. The van der Waals surface area contributed by atoms with E-state index in [-0.39, 0.29) is 11.9 Å². The molecular formula is C20H26N2O. The van der Waals surface area contributed by atoms with Crippen LogP contribution in [0.3, 0.4) is 0 Å². The zero-order valence-corrected chi connectivity index (χ0v) is 14.0. The number of nitrogens with two attached hydrogens (primary N) is 1. The van der Waals surface area contributed by atoms with Crippen LogP contribution in [0.2, 0.25) is 0 Å². The molecule has 3 heteroatoms. The number of likely N-dealkylation sites (N-methyl/N-ethyl adjacent to an activating group) is 1. The van der Waals surface area contributed by atoms with E-state index in [1.165, 1.54) is 5.56 Å². The first-order valence-electron chi connectivity index (χ1n) is 8.24. The zero-order valence-electron chi connectivity index (χ0n) is 14.0. The Morgan fingerprint density at radius 1 is 1.09 bits per heavy atom. The van der Waals surface area contributed by atoms with Gasteiger partial charge in [0, 0.05) is 25.2 Å². The van der Waals surface area contributed by atoms with Gasteiger partial charge in [0.25, 0.3) is 0 Å². The summed E-state index contributed by atoms with van der Waals surface area (Å²) in [6.07, 6.45) is 3.03. The third-order valence-corrected chi connectivity index (χ3v) is 4.39. The molecule has 1 amide bonds. The Bertz CT molecular complexity index is 625. The van der Waals surface area contributed by atoms with Crippen LogP contribution in [0, 0.1) is 0 Å². The predicted octanol–water partition coefficient (Wildman–Crippen LogP) is 3.68. The number of hydrogen-bond acceptors (Lipinski definition) is 2. The monoisotopic (exact) mass is 310 g/mol. The van der Waals surface area contributed by atoms with Crippen molar-refractivity contribution in [2.75, 3.05) is 12.8 Å². The summed E-state index contributed by atoms with van der Waals surface area (Å²) >= 11 is 0. The van der Waals surface area contributed by atoms with E-state index in [0.717, 1.165) is 24.1 Å². The fraction of sp³-hybridized carbons (Fsp3) is 0.350. The molecule has 0 bridgehead atoms. The first kappa shape index (κ1) is 17.1. The SMILES string of the molecule is CCC(Cc1ccccc1)N(C)C(=O)CCc1ccccc1N. The highest BCUT2D eigenvalue weighted by atomic mass is 16.2. The molecular weight excluding hydrogens is 284 g/mol. The molecule has 0 radical (unpaired) electrons. The first-order chi connectivity index (χ1) is 11.1. The summed E-state index contributed by atoms with van der Waals surface area (Å²) in [5.41, 5.74) is 9.03. The number of para-hydroxylation sites is 1. The summed E-state index contributed by atoms with van der Waals surface area (Å²) in [7, 11) is 1.91. The second kappa shape index (κ2) is 8.37. The highest BCUT2D eigenvalue weighted by Gasteiger charge is 2.18. The van der Waals surface area contributed by atoms with E-state index in [9.17, 15) is 4.79 Å². The second-order valence-electron chi connectivity index (χ2n) is 5.96. The minimum atomic E-state index is 0.177. The van der Waals surface area contributed by atoms with Crippen molar-refractivity contribution in [1.82, 2.24) is 4.90 Å². The number of anilines is 1. The molecule has 0 heterocycles. The van der Waals surface area contributed by atoms with Gasteiger partial charge in [0.2, 0.25) is 5.91 Å². The molecule has 0 saturated carbocycles. The fourth-order valence-electron chi connectivity index (χ4n) is 2.82. The van der Waals surface area contributed by atoms with Gasteiger partial charge < -0.3 is 10.6 Å². The van der Waals surface area contributed by atoms with Gasteiger partial charge in [0.15, 0.2) is 0 Å². The van der Waals surface area contributed by atoms with Crippen LogP contribution in [0.25, 0.3) is 0 Å². The van der Waals surface area contributed by atoms with Gasteiger partial charge in [-0.25, -0.2) is 0 Å². The van der Waals surface area contributed by atoms with Gasteiger partial charge in [-0.15, -0.1) is 0 Å². The summed E-state index contributed by atoms with van der Waals surface area (Å²) in [6.45, 7) is 2.13. The number of aryl methyl sites for hydroxylation is 1. The Morgan fingerprint density at radius 3 is 2.39 bits per heavy atom. The van der Waals surface area contributed by atoms with Crippen LogP contribution in [0.5, 0.6) is 0 Å². The van der Waals surface area contributed by atoms with Crippen molar-refractivity contribution in [1.29, 1.82) is 0 Å². The second-order valence-corrected chi connectivity index (χ2v) is 5.96. The van der Waals surface area contributed by atoms with Crippen molar-refractivity contribution >= 4 is 11.6 Å². The number of nitrogen functional groups attached to an aromatic ring is 1. The van der Waals surface area contributed by atoms with E-state index in [0.29, 0.717) is 12.8 Å². The lowest BCUT2D eigenvalue weighted by molar-refractivity contribution is -0.132. The van der Waals surface area contributed by atoms with E-state index in [2.05, 4.69) is 19.1 Å². The summed E-state index contributed by atoms with van der Waals surface area (Å²) in [5, 5.41) is 0. The summed E-state index contributed by atoms with van der Waals surface area (Å²) in [4.78, 5) is 14.4. The van der Waals surface area contributed by atoms with Crippen LogP contribution in [0.1, 0.15) is 30.9 Å². The summed E-state index contributed by atoms with van der Waals surface area (Å²) < 4.78 is 0. The number of carbonyl (C=O) groups is 1. The van der Waals surface area contributed by atoms with Crippen molar-refractivity contribution in [3.05, 3.63) is 65.7 Å². The standard InChI is InChI=1S/C20H26N2O/c1-3-18(15-16-9-5-4-6-10-16)22(2)20(23)14-13-17-11-7-8-12-19(17)21/h4-12,18H,3,13-15,21H2,1-2H3. The normalized spacial score (nSPS) is 11.9. The van der Waals surface area contributed by atoms with Crippen LogP contribution in [0.15, 0.2) is 54.6 Å². The van der Waals surface area contributed by atoms with Gasteiger partial charge in [0.1, 0.15) is 0 Å². The third-order valence-electron chi connectivity index (χ3n) is 4.39. The average molecular weight is 310 g/mol. The highest BCUT2D eigenvalue weighted by Crippen LogP contribution is 2.16. The van der Waals surface area contributed by atoms with Gasteiger partial charge in [-0.05, 0) is 36.5 Å². The van der Waals surface area contributed by atoms with Gasteiger partial charge in [0.05, 0.1) is 0 Å². The molecule has 0 aromatic heterocycles. The van der Waals surface area contributed by atoms with Crippen molar-refractivity contribution in [3.63, 3.8) is 0 Å². The predicted molar refractivity (Wildman–Crippen MR) is 96.2 cm³/mol. The molecule has 0 aliphatic rings. The Hall–Kier alpha value is -2.29. The lowest BCUT2D eigenvalue weighted by atomic mass is 10.0. The molecule has 2 aromatic rings. The molecule has 2 aromatic carbocycles. The average Bonchev–Trinajstić information content (AvgIpc) is 2.59. The topological polar surface area (TPSA) is 46.3 Å². The van der Waals surface area contributed by atoms with Gasteiger partial charge >= 0.3 is 0 Å². The van der Waals surface area contributed by atoms with E-state index in [1.54, 1.807) is 0 Å². The highest BCUT2D eigenvalue weighted by molar-refractivity contribution is 5.76. The maximum atomic E-state index is 12.5. The molecule has 0 spiro atoms. The van der Waals surface area contributed by atoms with Crippen LogP contribution in [0.4, 0.5) is 5.69 Å². The Morgan fingerprint density at radius 2 is 1.74 bits per heavy atom. The maximum Gasteiger partial charge on any atom is 0.222 e.